The predicted molar refractivity (Wildman–Crippen MR) is 140 cm³/mol. The molecule has 8 heteroatoms. The van der Waals surface area contributed by atoms with Crippen LogP contribution in [0.5, 0.6) is 5.75 Å². The van der Waals surface area contributed by atoms with Gasteiger partial charge in [0.15, 0.2) is 5.96 Å². The summed E-state index contributed by atoms with van der Waals surface area (Å²) in [5.74, 6) is 2.73. The maximum absolute atomic E-state index is 5.51. The lowest BCUT2D eigenvalue weighted by atomic mass is 9.96. The van der Waals surface area contributed by atoms with Crippen molar-refractivity contribution in [2.75, 3.05) is 73.2 Å². The number of aliphatic imine (C=N–C) groups is 1. The number of hydrogen-bond donors (Lipinski definition) is 1. The Morgan fingerprint density at radius 3 is 2.44 bits per heavy atom. The van der Waals surface area contributed by atoms with Crippen LogP contribution in [0, 0.1) is 5.92 Å². The smallest absolute Gasteiger partial charge is 0.193 e. The van der Waals surface area contributed by atoms with Gasteiger partial charge in [-0.2, -0.15) is 0 Å². The minimum atomic E-state index is 0. The predicted octanol–water partition coefficient (Wildman–Crippen LogP) is 2.51. The molecule has 0 radical (unpaired) electrons. The molecule has 0 saturated carbocycles. The first-order chi connectivity index (χ1) is 15.2. The van der Waals surface area contributed by atoms with Crippen molar-refractivity contribution in [3.8, 4) is 5.75 Å². The monoisotopic (exact) mass is 557 g/mol. The van der Waals surface area contributed by atoms with Crippen LogP contribution < -0.4 is 10.1 Å². The third-order valence-corrected chi connectivity index (χ3v) is 7.06. The number of piperidine rings is 1. The molecule has 3 aliphatic rings. The van der Waals surface area contributed by atoms with E-state index in [1.807, 2.05) is 7.05 Å². The average molecular weight is 558 g/mol. The van der Waals surface area contributed by atoms with Crippen molar-refractivity contribution in [3.63, 3.8) is 0 Å². The van der Waals surface area contributed by atoms with E-state index >= 15 is 0 Å². The molecule has 3 heterocycles. The number of nitrogens with one attached hydrogen (secondary N) is 1. The number of methoxy groups -OCH3 is 1. The van der Waals surface area contributed by atoms with Crippen molar-refractivity contribution in [2.45, 2.75) is 31.8 Å². The number of benzene rings is 1. The summed E-state index contributed by atoms with van der Waals surface area (Å²) in [7, 11) is 3.64. The molecule has 32 heavy (non-hydrogen) atoms. The molecular formula is C24H40IN5O2. The molecule has 1 atom stereocenters. The summed E-state index contributed by atoms with van der Waals surface area (Å²) in [6, 6.07) is 9.11. The van der Waals surface area contributed by atoms with Crippen molar-refractivity contribution < 1.29 is 9.47 Å². The van der Waals surface area contributed by atoms with Crippen LogP contribution in [0.1, 0.15) is 24.8 Å². The molecule has 0 amide bonds. The van der Waals surface area contributed by atoms with E-state index in [1.54, 1.807) is 7.11 Å². The van der Waals surface area contributed by atoms with Gasteiger partial charge in [0, 0.05) is 52.4 Å². The Bertz CT molecular complexity index is 703. The molecule has 7 nitrogen and oxygen atoms in total. The lowest BCUT2D eigenvalue weighted by Crippen LogP contribution is -2.47. The van der Waals surface area contributed by atoms with Crippen LogP contribution in [0.2, 0.25) is 0 Å². The minimum absolute atomic E-state index is 0. The van der Waals surface area contributed by atoms with Crippen LogP contribution in [0.4, 0.5) is 0 Å². The molecule has 3 aliphatic heterocycles. The first kappa shape index (κ1) is 25.5. The van der Waals surface area contributed by atoms with E-state index < -0.39 is 0 Å². The van der Waals surface area contributed by atoms with Crippen LogP contribution in [-0.2, 0) is 11.3 Å². The van der Waals surface area contributed by atoms with Crippen LogP contribution in [0.3, 0.4) is 0 Å². The van der Waals surface area contributed by atoms with Gasteiger partial charge in [0.05, 0.1) is 20.3 Å². The van der Waals surface area contributed by atoms with Crippen LogP contribution in [0.25, 0.3) is 0 Å². The summed E-state index contributed by atoms with van der Waals surface area (Å²) in [5, 5.41) is 3.68. The zero-order chi connectivity index (χ0) is 21.5. The number of rotatable bonds is 6. The number of likely N-dealkylation sites (tertiary alicyclic amines) is 2. The highest BCUT2D eigenvalue weighted by Gasteiger charge is 2.30. The number of nitrogens with zero attached hydrogens (tertiary/aromatic N) is 4. The van der Waals surface area contributed by atoms with Gasteiger partial charge in [0.2, 0.25) is 0 Å². The zero-order valence-corrected chi connectivity index (χ0v) is 22.0. The summed E-state index contributed by atoms with van der Waals surface area (Å²) < 4.78 is 10.8. The molecule has 4 rings (SSSR count). The van der Waals surface area contributed by atoms with Crippen molar-refractivity contribution >= 4 is 29.9 Å². The molecule has 180 valence electrons. The molecule has 1 aromatic rings. The highest BCUT2D eigenvalue weighted by molar-refractivity contribution is 14.0. The second kappa shape index (κ2) is 13.0. The van der Waals surface area contributed by atoms with E-state index in [9.17, 15) is 0 Å². The topological polar surface area (TPSA) is 52.6 Å². The summed E-state index contributed by atoms with van der Waals surface area (Å²) in [5.41, 5.74) is 1.36. The largest absolute Gasteiger partial charge is 0.497 e. The van der Waals surface area contributed by atoms with Crippen molar-refractivity contribution in [1.82, 2.24) is 20.0 Å². The molecular weight excluding hydrogens is 517 g/mol. The van der Waals surface area contributed by atoms with Crippen LogP contribution in [0.15, 0.2) is 29.3 Å². The second-order valence-corrected chi connectivity index (χ2v) is 9.03. The zero-order valence-electron chi connectivity index (χ0n) is 19.7. The molecule has 0 aliphatic carbocycles. The Morgan fingerprint density at radius 1 is 1.06 bits per heavy atom. The van der Waals surface area contributed by atoms with Gasteiger partial charge >= 0.3 is 0 Å². The van der Waals surface area contributed by atoms with Gasteiger partial charge in [-0.15, -0.1) is 24.0 Å². The number of hydrogen-bond acceptors (Lipinski definition) is 5. The molecule has 0 spiro atoms. The fourth-order valence-corrected chi connectivity index (χ4v) is 5.08. The fraction of sp³-hybridized carbons (Fsp3) is 0.708. The Kier molecular flexibility index (Phi) is 10.3. The highest BCUT2D eigenvalue weighted by Crippen LogP contribution is 2.21. The number of guanidine groups is 1. The molecule has 1 unspecified atom stereocenters. The fourth-order valence-electron chi connectivity index (χ4n) is 5.08. The summed E-state index contributed by atoms with van der Waals surface area (Å²) >= 11 is 0. The Labute approximate surface area is 210 Å². The second-order valence-electron chi connectivity index (χ2n) is 9.03. The molecule has 0 bridgehead atoms. The van der Waals surface area contributed by atoms with Gasteiger partial charge in [-0.3, -0.25) is 14.8 Å². The van der Waals surface area contributed by atoms with Gasteiger partial charge in [-0.1, -0.05) is 12.1 Å². The van der Waals surface area contributed by atoms with E-state index in [4.69, 9.17) is 9.47 Å². The van der Waals surface area contributed by atoms with E-state index in [0.717, 1.165) is 70.1 Å². The van der Waals surface area contributed by atoms with Gasteiger partial charge in [-0.25, -0.2) is 0 Å². The van der Waals surface area contributed by atoms with Crippen molar-refractivity contribution in [2.24, 2.45) is 10.9 Å². The first-order valence-electron chi connectivity index (χ1n) is 11.9. The standard InChI is InChI=1S/C24H39N5O2.HI/c1-25-24(29-12-9-22(19-29)28-13-15-31-16-14-28)26-17-20-7-10-27(11-8-20)18-21-3-5-23(30-2)6-4-21;/h3-6,20,22H,7-19H2,1-2H3,(H,25,26);1H. The third-order valence-electron chi connectivity index (χ3n) is 7.06. The number of ether oxygens (including phenoxy) is 2. The quantitative estimate of drug-likeness (QED) is 0.330. The molecule has 3 fully saturated rings. The van der Waals surface area contributed by atoms with Crippen LogP contribution in [-0.4, -0.2) is 99.9 Å². The van der Waals surface area contributed by atoms with E-state index in [-0.39, 0.29) is 24.0 Å². The Hall–Kier alpha value is -1.10. The highest BCUT2D eigenvalue weighted by atomic mass is 127. The van der Waals surface area contributed by atoms with Crippen molar-refractivity contribution in [1.29, 1.82) is 0 Å². The normalized spacial score (nSPS) is 23.8. The molecule has 3 saturated heterocycles. The van der Waals surface area contributed by atoms with Crippen molar-refractivity contribution in [3.05, 3.63) is 29.8 Å². The van der Waals surface area contributed by atoms with E-state index in [0.29, 0.717) is 6.04 Å². The van der Waals surface area contributed by atoms with Gasteiger partial charge in [0.25, 0.3) is 0 Å². The first-order valence-corrected chi connectivity index (χ1v) is 11.9. The van der Waals surface area contributed by atoms with E-state index in [1.165, 1.54) is 37.9 Å². The lowest BCUT2D eigenvalue weighted by Gasteiger charge is -2.33. The van der Waals surface area contributed by atoms with Gasteiger partial charge < -0.3 is 19.7 Å². The average Bonchev–Trinajstić information content (AvgIpc) is 3.32. The van der Waals surface area contributed by atoms with Crippen LogP contribution >= 0.6 is 24.0 Å². The molecule has 1 N–H and O–H groups in total. The summed E-state index contributed by atoms with van der Waals surface area (Å²) in [6.45, 7) is 10.5. The van der Waals surface area contributed by atoms with Gasteiger partial charge in [-0.05, 0) is 56.0 Å². The number of halogens is 1. The summed E-state index contributed by atoms with van der Waals surface area (Å²) in [4.78, 5) is 12.2. The summed E-state index contributed by atoms with van der Waals surface area (Å²) in [6.07, 6.45) is 3.72. The van der Waals surface area contributed by atoms with E-state index in [2.05, 4.69) is 49.3 Å². The maximum Gasteiger partial charge on any atom is 0.193 e. The number of morpholine rings is 1. The minimum Gasteiger partial charge on any atom is -0.497 e. The Balaban J connectivity index is 0.00000289. The SMILES string of the molecule is CN=C(NCC1CCN(Cc2ccc(OC)cc2)CC1)N1CCC(N2CCOCC2)C1.I. The lowest BCUT2D eigenvalue weighted by molar-refractivity contribution is 0.0194. The maximum atomic E-state index is 5.51. The Morgan fingerprint density at radius 2 is 1.78 bits per heavy atom. The third kappa shape index (κ3) is 6.95. The molecule has 0 aromatic heterocycles. The molecule has 1 aromatic carbocycles. The van der Waals surface area contributed by atoms with Gasteiger partial charge in [0.1, 0.15) is 5.75 Å².